The molecule has 1 aliphatic rings. The Morgan fingerprint density at radius 3 is 2.64 bits per heavy atom. The third-order valence-electron chi connectivity index (χ3n) is 5.15. The monoisotopic (exact) mass is 377 g/mol. The zero-order chi connectivity index (χ0) is 19.3. The number of pyridine rings is 2. The van der Waals surface area contributed by atoms with Crippen LogP contribution in [0.4, 0.5) is 0 Å². The number of hydrogen-bond donors (Lipinski definition) is 0. The highest BCUT2D eigenvalue weighted by Gasteiger charge is 2.28. The van der Waals surface area contributed by atoms with Crippen molar-refractivity contribution in [3.05, 3.63) is 72.2 Å². The van der Waals surface area contributed by atoms with E-state index in [2.05, 4.69) is 19.5 Å². The summed E-state index contributed by atoms with van der Waals surface area (Å²) >= 11 is 0. The van der Waals surface area contributed by atoms with Gasteiger partial charge in [0, 0.05) is 43.8 Å². The molecule has 1 saturated heterocycles. The smallest absolute Gasteiger partial charge is 0.259 e. The summed E-state index contributed by atoms with van der Waals surface area (Å²) < 4.78 is 7.39. The van der Waals surface area contributed by atoms with E-state index in [1.165, 1.54) is 7.11 Å². The van der Waals surface area contributed by atoms with Gasteiger partial charge in [-0.15, -0.1) is 0 Å². The maximum absolute atomic E-state index is 12.9. The van der Waals surface area contributed by atoms with Crippen LogP contribution in [-0.4, -0.2) is 50.5 Å². The van der Waals surface area contributed by atoms with E-state index >= 15 is 0 Å². The Kier molecular flexibility index (Phi) is 5.32. The Labute approximate surface area is 164 Å². The van der Waals surface area contributed by atoms with E-state index < -0.39 is 0 Å². The summed E-state index contributed by atoms with van der Waals surface area (Å²) in [5.74, 6) is 1.75. The first-order valence-electron chi connectivity index (χ1n) is 9.45. The minimum Gasteiger partial charge on any atom is -0.480 e. The number of methoxy groups -OCH3 is 1. The number of nitrogens with zero attached hydrogens (tertiary/aromatic N) is 5. The molecule has 3 aromatic rings. The molecule has 0 radical (unpaired) electrons. The maximum Gasteiger partial charge on any atom is 0.259 e. The van der Waals surface area contributed by atoms with Gasteiger partial charge >= 0.3 is 0 Å². The van der Waals surface area contributed by atoms with Crippen LogP contribution < -0.4 is 4.74 Å². The molecule has 4 heterocycles. The van der Waals surface area contributed by atoms with Crippen molar-refractivity contribution in [2.75, 3.05) is 20.2 Å². The molecule has 3 aromatic heterocycles. The highest BCUT2D eigenvalue weighted by atomic mass is 16.5. The Bertz CT molecular complexity index is 933. The number of rotatable bonds is 5. The summed E-state index contributed by atoms with van der Waals surface area (Å²) in [7, 11) is 1.53. The van der Waals surface area contributed by atoms with Crippen molar-refractivity contribution in [2.45, 2.75) is 25.3 Å². The molecule has 0 atom stereocenters. The first-order chi connectivity index (χ1) is 13.8. The summed E-state index contributed by atoms with van der Waals surface area (Å²) in [5.41, 5.74) is 1.53. The summed E-state index contributed by atoms with van der Waals surface area (Å²) in [6, 6.07) is 9.46. The first kappa shape index (κ1) is 18.2. The number of carbonyl (C=O) groups is 1. The van der Waals surface area contributed by atoms with Gasteiger partial charge in [0.1, 0.15) is 11.4 Å². The van der Waals surface area contributed by atoms with Crippen LogP contribution in [0, 0.1) is 0 Å². The quantitative estimate of drug-likeness (QED) is 0.684. The molecular formula is C21H23N5O2. The van der Waals surface area contributed by atoms with Gasteiger partial charge < -0.3 is 14.2 Å². The third-order valence-corrected chi connectivity index (χ3v) is 5.15. The lowest BCUT2D eigenvalue weighted by atomic mass is 9.95. The summed E-state index contributed by atoms with van der Waals surface area (Å²) in [5, 5.41) is 0. The van der Waals surface area contributed by atoms with E-state index in [4.69, 9.17) is 4.74 Å². The molecule has 28 heavy (non-hydrogen) atoms. The highest BCUT2D eigenvalue weighted by Crippen LogP contribution is 2.29. The number of ether oxygens (including phenoxy) is 1. The SMILES string of the molecule is COc1ncccc1C(=O)N1CCC(c2nccn2Cc2ccccn2)CC1. The van der Waals surface area contributed by atoms with Gasteiger partial charge in [-0.1, -0.05) is 6.07 Å². The molecule has 0 spiro atoms. The summed E-state index contributed by atoms with van der Waals surface area (Å²) in [4.78, 5) is 27.9. The average molecular weight is 377 g/mol. The molecular weight excluding hydrogens is 354 g/mol. The van der Waals surface area contributed by atoms with E-state index in [9.17, 15) is 4.79 Å². The van der Waals surface area contributed by atoms with Gasteiger partial charge in [0.2, 0.25) is 5.88 Å². The maximum atomic E-state index is 12.9. The fourth-order valence-electron chi connectivity index (χ4n) is 3.71. The molecule has 0 N–H and O–H groups in total. The van der Waals surface area contributed by atoms with Gasteiger partial charge in [-0.2, -0.15) is 0 Å². The van der Waals surface area contributed by atoms with Crippen molar-refractivity contribution >= 4 is 5.91 Å². The molecule has 1 amide bonds. The molecule has 7 heteroatoms. The Hall–Kier alpha value is -3.22. The minimum atomic E-state index is -0.0276. The fraction of sp³-hybridized carbons (Fsp3) is 0.333. The number of imidazole rings is 1. The lowest BCUT2D eigenvalue weighted by Gasteiger charge is -2.32. The minimum absolute atomic E-state index is 0.0276. The standard InChI is InChI=1S/C21H23N5O2/c1-28-20-18(6-4-10-24-20)21(27)25-12-7-16(8-13-25)19-23-11-14-26(19)15-17-5-2-3-9-22-17/h2-6,9-11,14,16H,7-8,12-13,15H2,1H3. The molecule has 7 nitrogen and oxygen atoms in total. The van der Waals surface area contributed by atoms with Gasteiger partial charge in [-0.25, -0.2) is 9.97 Å². The molecule has 0 unspecified atom stereocenters. The van der Waals surface area contributed by atoms with Crippen molar-refractivity contribution in [2.24, 2.45) is 0 Å². The summed E-state index contributed by atoms with van der Waals surface area (Å²) in [6.45, 7) is 2.10. The van der Waals surface area contributed by atoms with Gasteiger partial charge in [-0.3, -0.25) is 9.78 Å². The fourth-order valence-corrected chi connectivity index (χ4v) is 3.71. The zero-order valence-corrected chi connectivity index (χ0v) is 15.9. The second kappa shape index (κ2) is 8.21. The molecule has 4 rings (SSSR count). The van der Waals surface area contributed by atoms with E-state index in [1.54, 1.807) is 18.3 Å². The molecule has 1 aliphatic heterocycles. The second-order valence-electron chi connectivity index (χ2n) is 6.86. The van der Waals surface area contributed by atoms with Crippen molar-refractivity contribution in [1.82, 2.24) is 24.4 Å². The first-order valence-corrected chi connectivity index (χ1v) is 9.45. The lowest BCUT2D eigenvalue weighted by Crippen LogP contribution is -2.38. The van der Waals surface area contributed by atoms with Crippen LogP contribution in [0.2, 0.25) is 0 Å². The van der Waals surface area contributed by atoms with Crippen LogP contribution in [0.25, 0.3) is 0 Å². The van der Waals surface area contributed by atoms with E-state index in [1.807, 2.05) is 41.7 Å². The van der Waals surface area contributed by atoms with Crippen LogP contribution in [0.1, 0.15) is 40.6 Å². The molecule has 144 valence electrons. The van der Waals surface area contributed by atoms with Crippen molar-refractivity contribution < 1.29 is 9.53 Å². The topological polar surface area (TPSA) is 73.1 Å². The molecule has 0 bridgehead atoms. The van der Waals surface area contributed by atoms with E-state index in [-0.39, 0.29) is 5.91 Å². The number of piperidine rings is 1. The van der Waals surface area contributed by atoms with E-state index in [0.29, 0.717) is 37.0 Å². The number of likely N-dealkylation sites (tertiary alicyclic amines) is 1. The highest BCUT2D eigenvalue weighted by molar-refractivity contribution is 5.96. The Morgan fingerprint density at radius 2 is 1.89 bits per heavy atom. The Morgan fingerprint density at radius 1 is 1.07 bits per heavy atom. The second-order valence-corrected chi connectivity index (χ2v) is 6.86. The average Bonchev–Trinajstić information content (AvgIpc) is 3.22. The van der Waals surface area contributed by atoms with Crippen LogP contribution in [-0.2, 0) is 6.54 Å². The van der Waals surface area contributed by atoms with Crippen molar-refractivity contribution in [3.8, 4) is 5.88 Å². The van der Waals surface area contributed by atoms with Gasteiger partial charge in [0.05, 0.1) is 19.3 Å². The van der Waals surface area contributed by atoms with Crippen LogP contribution >= 0.6 is 0 Å². The summed E-state index contributed by atoms with van der Waals surface area (Å²) in [6.07, 6.45) is 9.05. The van der Waals surface area contributed by atoms with Gasteiger partial charge in [0.15, 0.2) is 0 Å². The van der Waals surface area contributed by atoms with Crippen LogP contribution in [0.5, 0.6) is 5.88 Å². The number of amides is 1. The largest absolute Gasteiger partial charge is 0.480 e. The third kappa shape index (κ3) is 3.74. The molecule has 1 fully saturated rings. The van der Waals surface area contributed by atoms with Gasteiger partial charge in [-0.05, 0) is 37.1 Å². The van der Waals surface area contributed by atoms with Gasteiger partial charge in [0.25, 0.3) is 5.91 Å². The number of aromatic nitrogens is 4. The zero-order valence-electron chi connectivity index (χ0n) is 15.9. The van der Waals surface area contributed by atoms with E-state index in [0.717, 1.165) is 24.4 Å². The van der Waals surface area contributed by atoms with Crippen molar-refractivity contribution in [3.63, 3.8) is 0 Å². The van der Waals surface area contributed by atoms with Crippen LogP contribution in [0.15, 0.2) is 55.1 Å². The molecule has 0 saturated carbocycles. The Balaban J connectivity index is 1.42. The number of carbonyl (C=O) groups excluding carboxylic acids is 1. The normalized spacial score (nSPS) is 14.8. The van der Waals surface area contributed by atoms with Crippen molar-refractivity contribution in [1.29, 1.82) is 0 Å². The predicted octanol–water partition coefficient (Wildman–Crippen LogP) is 2.75. The molecule has 0 aliphatic carbocycles. The molecule has 0 aromatic carbocycles. The lowest BCUT2D eigenvalue weighted by molar-refractivity contribution is 0.0706. The number of hydrogen-bond acceptors (Lipinski definition) is 5. The predicted molar refractivity (Wildman–Crippen MR) is 104 cm³/mol. The van der Waals surface area contributed by atoms with Crippen LogP contribution in [0.3, 0.4) is 0 Å².